The van der Waals surface area contributed by atoms with Gasteiger partial charge >= 0.3 is 0 Å². The Morgan fingerprint density at radius 1 is 1.21 bits per heavy atom. The highest BCUT2D eigenvalue weighted by atomic mass is 16.5. The van der Waals surface area contributed by atoms with Crippen LogP contribution in [0.25, 0.3) is 16.6 Å². The molecule has 0 saturated carbocycles. The summed E-state index contributed by atoms with van der Waals surface area (Å²) < 4.78 is 7.11. The summed E-state index contributed by atoms with van der Waals surface area (Å²) in [5.74, 6) is -0.222. The Bertz CT molecular complexity index is 1270. The fraction of sp³-hybridized carbons (Fsp3) is 0.269. The zero-order valence-corrected chi connectivity index (χ0v) is 18.4. The number of amides is 1. The standard InChI is InChI=1S/C26H26N4O3/c1-17-19(14-18-5-7-20(8-6-18)30-12-3-11-28-30)15-22(25-21(17)4-2-10-27-25)26(32)29-23-9-13-33-16-24(23)31/h2-8,10-12,15,23-24,31H,9,13-14,16H2,1H3,(H,29,32)/t23-,24-/m0/s1. The van der Waals surface area contributed by atoms with E-state index in [1.54, 1.807) is 12.4 Å². The van der Waals surface area contributed by atoms with Crippen LogP contribution in [0.2, 0.25) is 0 Å². The average Bonchev–Trinajstić information content (AvgIpc) is 3.38. The van der Waals surface area contributed by atoms with E-state index < -0.39 is 6.10 Å². The van der Waals surface area contributed by atoms with Gasteiger partial charge in [0, 0.05) is 30.6 Å². The number of hydrogen-bond donors (Lipinski definition) is 2. The summed E-state index contributed by atoms with van der Waals surface area (Å²) in [5.41, 5.74) is 5.52. The first-order chi connectivity index (χ1) is 16.1. The van der Waals surface area contributed by atoms with Gasteiger partial charge in [-0.05, 0) is 66.8 Å². The van der Waals surface area contributed by atoms with Crippen LogP contribution < -0.4 is 5.32 Å². The molecule has 1 fully saturated rings. The van der Waals surface area contributed by atoms with E-state index in [-0.39, 0.29) is 18.6 Å². The molecule has 2 aromatic heterocycles. The lowest BCUT2D eigenvalue weighted by atomic mass is 9.93. The van der Waals surface area contributed by atoms with Gasteiger partial charge < -0.3 is 15.2 Å². The maximum Gasteiger partial charge on any atom is 0.253 e. The molecule has 1 aliphatic heterocycles. The molecule has 2 atom stereocenters. The highest BCUT2D eigenvalue weighted by Crippen LogP contribution is 2.27. The lowest BCUT2D eigenvalue weighted by Crippen LogP contribution is -2.48. The monoisotopic (exact) mass is 442 g/mol. The third kappa shape index (κ3) is 4.37. The summed E-state index contributed by atoms with van der Waals surface area (Å²) >= 11 is 0. The van der Waals surface area contributed by atoms with Gasteiger partial charge in [0.05, 0.1) is 35.5 Å². The second-order valence-electron chi connectivity index (χ2n) is 8.41. The van der Waals surface area contributed by atoms with E-state index in [2.05, 4.69) is 34.5 Å². The normalized spacial score (nSPS) is 18.4. The van der Waals surface area contributed by atoms with Crippen molar-refractivity contribution in [3.05, 3.63) is 89.4 Å². The van der Waals surface area contributed by atoms with Gasteiger partial charge in [-0.2, -0.15) is 5.10 Å². The van der Waals surface area contributed by atoms with E-state index in [1.807, 2.05) is 47.3 Å². The summed E-state index contributed by atoms with van der Waals surface area (Å²) in [4.78, 5) is 17.8. The van der Waals surface area contributed by atoms with Crippen molar-refractivity contribution in [2.75, 3.05) is 13.2 Å². The third-order valence-electron chi connectivity index (χ3n) is 6.25. The first-order valence-electron chi connectivity index (χ1n) is 11.1. The van der Waals surface area contributed by atoms with E-state index in [4.69, 9.17) is 4.74 Å². The van der Waals surface area contributed by atoms with Crippen molar-refractivity contribution in [3.63, 3.8) is 0 Å². The largest absolute Gasteiger partial charge is 0.389 e. The first-order valence-corrected chi connectivity index (χ1v) is 11.1. The van der Waals surface area contributed by atoms with Gasteiger partial charge in [-0.3, -0.25) is 9.78 Å². The van der Waals surface area contributed by atoms with Crippen molar-refractivity contribution in [1.82, 2.24) is 20.1 Å². The maximum absolute atomic E-state index is 13.3. The first kappa shape index (κ1) is 21.3. The number of hydrogen-bond acceptors (Lipinski definition) is 5. The number of nitrogens with one attached hydrogen (secondary N) is 1. The van der Waals surface area contributed by atoms with Crippen LogP contribution in [0.3, 0.4) is 0 Å². The second kappa shape index (κ2) is 9.13. The molecule has 33 heavy (non-hydrogen) atoms. The van der Waals surface area contributed by atoms with Gasteiger partial charge in [0.2, 0.25) is 0 Å². The van der Waals surface area contributed by atoms with Crippen LogP contribution in [0, 0.1) is 6.92 Å². The SMILES string of the molecule is Cc1c(Cc2ccc(-n3cccn3)cc2)cc(C(=O)N[C@H]2CCOC[C@@H]2O)c2ncccc12. The minimum absolute atomic E-state index is 0.222. The van der Waals surface area contributed by atoms with Crippen molar-refractivity contribution < 1.29 is 14.6 Å². The summed E-state index contributed by atoms with van der Waals surface area (Å²) in [6.45, 7) is 2.83. The molecule has 7 nitrogen and oxygen atoms in total. The molecule has 0 spiro atoms. The van der Waals surface area contributed by atoms with Crippen molar-refractivity contribution in [2.24, 2.45) is 0 Å². The number of nitrogens with zero attached hydrogens (tertiary/aromatic N) is 3. The van der Waals surface area contributed by atoms with E-state index in [0.29, 0.717) is 30.5 Å². The molecular formula is C26H26N4O3. The summed E-state index contributed by atoms with van der Waals surface area (Å²) in [5, 5.41) is 18.4. The van der Waals surface area contributed by atoms with Crippen molar-refractivity contribution in [3.8, 4) is 5.69 Å². The van der Waals surface area contributed by atoms with Gasteiger partial charge in [-0.25, -0.2) is 4.68 Å². The zero-order chi connectivity index (χ0) is 22.8. The Hall–Kier alpha value is -3.55. The van der Waals surface area contributed by atoms with Crippen LogP contribution in [-0.4, -0.2) is 51.1 Å². The Balaban J connectivity index is 1.46. The molecule has 0 bridgehead atoms. The number of aliphatic hydroxyl groups is 1. The molecule has 1 aliphatic rings. The minimum Gasteiger partial charge on any atom is -0.389 e. The highest BCUT2D eigenvalue weighted by molar-refractivity contribution is 6.06. The van der Waals surface area contributed by atoms with Gasteiger partial charge in [0.15, 0.2) is 0 Å². The number of aliphatic hydroxyl groups excluding tert-OH is 1. The quantitative estimate of drug-likeness (QED) is 0.496. The van der Waals surface area contributed by atoms with Crippen LogP contribution in [0.1, 0.15) is 33.5 Å². The van der Waals surface area contributed by atoms with Gasteiger partial charge in [0.25, 0.3) is 5.91 Å². The van der Waals surface area contributed by atoms with E-state index in [9.17, 15) is 9.90 Å². The molecule has 1 saturated heterocycles. The lowest BCUT2D eigenvalue weighted by Gasteiger charge is -2.28. The topological polar surface area (TPSA) is 89.3 Å². The number of carbonyl (C=O) groups excluding carboxylic acids is 1. The number of rotatable bonds is 5. The van der Waals surface area contributed by atoms with Gasteiger partial charge in [-0.15, -0.1) is 0 Å². The smallest absolute Gasteiger partial charge is 0.253 e. The van der Waals surface area contributed by atoms with Gasteiger partial charge in [-0.1, -0.05) is 18.2 Å². The van der Waals surface area contributed by atoms with Crippen LogP contribution in [0.4, 0.5) is 0 Å². The predicted octanol–water partition coefficient (Wildman–Crippen LogP) is 3.20. The molecule has 4 aromatic rings. The molecule has 7 heteroatoms. The van der Waals surface area contributed by atoms with Crippen molar-refractivity contribution in [2.45, 2.75) is 31.9 Å². The fourth-order valence-electron chi connectivity index (χ4n) is 4.35. The van der Waals surface area contributed by atoms with Gasteiger partial charge in [0.1, 0.15) is 0 Å². The summed E-state index contributed by atoms with van der Waals surface area (Å²) in [6.07, 6.45) is 5.94. The number of aromatic nitrogens is 3. The van der Waals surface area contributed by atoms with E-state index >= 15 is 0 Å². The highest BCUT2D eigenvalue weighted by Gasteiger charge is 2.26. The van der Waals surface area contributed by atoms with Crippen molar-refractivity contribution in [1.29, 1.82) is 0 Å². The molecule has 2 N–H and O–H groups in total. The summed E-state index contributed by atoms with van der Waals surface area (Å²) in [6, 6.07) is 15.7. The fourth-order valence-corrected chi connectivity index (χ4v) is 4.35. The molecular weight excluding hydrogens is 416 g/mol. The molecule has 1 amide bonds. The second-order valence-corrected chi connectivity index (χ2v) is 8.41. The summed E-state index contributed by atoms with van der Waals surface area (Å²) in [7, 11) is 0. The minimum atomic E-state index is -0.708. The zero-order valence-electron chi connectivity index (χ0n) is 18.4. The number of fused-ring (bicyclic) bond motifs is 1. The number of carbonyl (C=O) groups is 1. The van der Waals surface area contributed by atoms with E-state index in [1.165, 1.54) is 0 Å². The Labute approximate surface area is 192 Å². The predicted molar refractivity (Wildman–Crippen MR) is 126 cm³/mol. The molecule has 168 valence electrons. The molecule has 3 heterocycles. The van der Waals surface area contributed by atoms with E-state index in [0.717, 1.165) is 27.8 Å². The van der Waals surface area contributed by atoms with Crippen LogP contribution in [-0.2, 0) is 11.2 Å². The van der Waals surface area contributed by atoms with Crippen LogP contribution in [0.5, 0.6) is 0 Å². The molecule has 2 aromatic carbocycles. The molecule has 0 radical (unpaired) electrons. The number of ether oxygens (including phenoxy) is 1. The Morgan fingerprint density at radius 2 is 2.06 bits per heavy atom. The maximum atomic E-state index is 13.3. The van der Waals surface area contributed by atoms with Crippen molar-refractivity contribution >= 4 is 16.8 Å². The average molecular weight is 443 g/mol. The van der Waals surface area contributed by atoms with Crippen LogP contribution >= 0.6 is 0 Å². The molecule has 5 rings (SSSR count). The molecule has 0 unspecified atom stereocenters. The third-order valence-corrected chi connectivity index (χ3v) is 6.25. The number of aryl methyl sites for hydroxylation is 1. The molecule has 0 aliphatic carbocycles. The number of pyridine rings is 1. The van der Waals surface area contributed by atoms with Crippen LogP contribution in [0.15, 0.2) is 67.1 Å². The Morgan fingerprint density at radius 3 is 2.82 bits per heavy atom. The number of benzene rings is 2. The Kier molecular flexibility index (Phi) is 5.90. The lowest BCUT2D eigenvalue weighted by molar-refractivity contribution is -0.0260.